The summed E-state index contributed by atoms with van der Waals surface area (Å²) in [5.41, 5.74) is 0.222. The largest absolute Gasteiger partial charge is 0.467 e. The van der Waals surface area contributed by atoms with Crippen molar-refractivity contribution >= 4 is 17.5 Å². The predicted molar refractivity (Wildman–Crippen MR) is 112 cm³/mol. The third-order valence-corrected chi connectivity index (χ3v) is 5.16. The topological polar surface area (TPSA) is 106 Å². The van der Waals surface area contributed by atoms with E-state index in [0.717, 1.165) is 12.8 Å². The van der Waals surface area contributed by atoms with E-state index in [1.807, 2.05) is 13.0 Å². The van der Waals surface area contributed by atoms with Crippen LogP contribution < -0.4 is 0 Å². The van der Waals surface area contributed by atoms with Gasteiger partial charge in [-0.3, -0.25) is 19.7 Å². The predicted octanol–water partition coefficient (Wildman–Crippen LogP) is 3.25. The summed E-state index contributed by atoms with van der Waals surface area (Å²) >= 11 is 0. The molecular formula is C22H27N3O6. The number of carbonyl (C=O) groups excluding carboxylic acids is 2. The van der Waals surface area contributed by atoms with Crippen molar-refractivity contribution in [2.75, 3.05) is 26.2 Å². The minimum Gasteiger partial charge on any atom is -0.467 e. The Morgan fingerprint density at radius 3 is 2.55 bits per heavy atom. The van der Waals surface area contributed by atoms with E-state index in [4.69, 9.17) is 9.15 Å². The summed E-state index contributed by atoms with van der Waals surface area (Å²) in [7, 11) is 0. The Bertz CT molecular complexity index is 875. The molecule has 2 amide bonds. The number of rotatable bonds is 10. The Morgan fingerprint density at radius 2 is 1.97 bits per heavy atom. The summed E-state index contributed by atoms with van der Waals surface area (Å²) in [4.78, 5) is 39.6. The monoisotopic (exact) mass is 429 g/mol. The molecule has 31 heavy (non-hydrogen) atoms. The minimum absolute atomic E-state index is 0.0242. The van der Waals surface area contributed by atoms with Crippen LogP contribution in [0, 0.1) is 10.1 Å². The molecule has 2 aromatic rings. The number of nitro benzene ring substituents is 1. The van der Waals surface area contributed by atoms with Crippen molar-refractivity contribution in [2.24, 2.45) is 0 Å². The molecule has 166 valence electrons. The quantitative estimate of drug-likeness (QED) is 0.424. The third-order valence-electron chi connectivity index (χ3n) is 5.16. The van der Waals surface area contributed by atoms with Gasteiger partial charge in [-0.2, -0.15) is 0 Å². The molecule has 1 aromatic carbocycles. The number of carbonyl (C=O) groups is 2. The Balaban J connectivity index is 1.72. The molecule has 9 nitrogen and oxygen atoms in total. The van der Waals surface area contributed by atoms with E-state index < -0.39 is 4.92 Å². The number of hydrogen-bond acceptors (Lipinski definition) is 6. The average molecular weight is 429 g/mol. The van der Waals surface area contributed by atoms with E-state index in [1.165, 1.54) is 29.2 Å². The van der Waals surface area contributed by atoms with Crippen LogP contribution in [0.15, 0.2) is 47.1 Å². The first-order valence-corrected chi connectivity index (χ1v) is 10.4. The summed E-state index contributed by atoms with van der Waals surface area (Å²) in [5, 5.41) is 10.9. The van der Waals surface area contributed by atoms with Gasteiger partial charge in [0.15, 0.2) is 0 Å². The number of non-ortho nitro benzene ring substituents is 1. The standard InChI is InChI=1S/C22H27N3O6/c1-2-11-23(22(27)17-7-9-18(10-8-17)25(28)29)16-21(26)24(14-19-5-3-12-30-19)15-20-6-4-13-31-20/h3,5,7-10,12,20H,2,4,6,11,13-16H2,1H3. The smallest absolute Gasteiger partial charge is 0.269 e. The molecule has 1 saturated heterocycles. The highest BCUT2D eigenvalue weighted by molar-refractivity contribution is 5.96. The van der Waals surface area contributed by atoms with Gasteiger partial charge >= 0.3 is 0 Å². The lowest BCUT2D eigenvalue weighted by Gasteiger charge is -2.28. The molecule has 1 aromatic heterocycles. The van der Waals surface area contributed by atoms with Crippen LogP contribution in [0.4, 0.5) is 5.69 Å². The molecule has 0 N–H and O–H groups in total. The first kappa shape index (κ1) is 22.5. The maximum Gasteiger partial charge on any atom is 0.269 e. The fourth-order valence-corrected chi connectivity index (χ4v) is 3.57. The zero-order chi connectivity index (χ0) is 22.2. The molecule has 1 aliphatic rings. The van der Waals surface area contributed by atoms with E-state index in [2.05, 4.69) is 0 Å². The molecule has 1 atom stereocenters. The van der Waals surface area contributed by atoms with Crippen molar-refractivity contribution in [3.8, 4) is 0 Å². The molecule has 2 heterocycles. The van der Waals surface area contributed by atoms with Gasteiger partial charge in [0.1, 0.15) is 12.3 Å². The number of hydrogen-bond donors (Lipinski definition) is 0. The summed E-state index contributed by atoms with van der Waals surface area (Å²) in [6, 6.07) is 8.99. The van der Waals surface area contributed by atoms with Crippen LogP contribution in [0.2, 0.25) is 0 Å². The van der Waals surface area contributed by atoms with Crippen molar-refractivity contribution in [3.05, 3.63) is 64.1 Å². The Kier molecular flexibility index (Phi) is 7.77. The number of furan rings is 1. The summed E-state index contributed by atoms with van der Waals surface area (Å²) in [6.07, 6.45) is 4.07. The molecular weight excluding hydrogens is 402 g/mol. The number of benzene rings is 1. The second-order valence-corrected chi connectivity index (χ2v) is 7.52. The van der Waals surface area contributed by atoms with Crippen molar-refractivity contribution in [2.45, 2.75) is 38.8 Å². The summed E-state index contributed by atoms with van der Waals surface area (Å²) < 4.78 is 11.1. The number of amides is 2. The summed E-state index contributed by atoms with van der Waals surface area (Å²) in [5.74, 6) is 0.130. The molecule has 0 spiro atoms. The molecule has 0 saturated carbocycles. The SMILES string of the molecule is CCCN(CC(=O)N(Cc1ccco1)CC1CCCO1)C(=O)c1ccc([N+](=O)[O-])cc1. The number of nitro groups is 1. The molecule has 0 aliphatic carbocycles. The van der Waals surface area contributed by atoms with E-state index >= 15 is 0 Å². The van der Waals surface area contributed by atoms with Crippen molar-refractivity contribution in [1.82, 2.24) is 9.80 Å². The van der Waals surface area contributed by atoms with Gasteiger partial charge < -0.3 is 19.0 Å². The molecule has 1 fully saturated rings. The van der Waals surface area contributed by atoms with Gasteiger partial charge in [-0.15, -0.1) is 0 Å². The van der Waals surface area contributed by atoms with Gasteiger partial charge in [0.25, 0.3) is 11.6 Å². The fourth-order valence-electron chi connectivity index (χ4n) is 3.57. The molecule has 1 aliphatic heterocycles. The highest BCUT2D eigenvalue weighted by atomic mass is 16.6. The van der Waals surface area contributed by atoms with Crippen LogP contribution in [0.3, 0.4) is 0 Å². The van der Waals surface area contributed by atoms with Gasteiger partial charge in [-0.05, 0) is 43.5 Å². The Hall–Kier alpha value is -3.20. The van der Waals surface area contributed by atoms with Crippen LogP contribution in [-0.2, 0) is 16.1 Å². The zero-order valence-corrected chi connectivity index (χ0v) is 17.6. The molecule has 0 bridgehead atoms. The average Bonchev–Trinajstić information content (AvgIpc) is 3.47. The Labute approximate surface area is 180 Å². The van der Waals surface area contributed by atoms with E-state index in [1.54, 1.807) is 17.2 Å². The van der Waals surface area contributed by atoms with Gasteiger partial charge in [-0.25, -0.2) is 0 Å². The summed E-state index contributed by atoms with van der Waals surface area (Å²) in [6.45, 7) is 3.66. The Morgan fingerprint density at radius 1 is 1.19 bits per heavy atom. The number of ether oxygens (including phenoxy) is 1. The van der Waals surface area contributed by atoms with Crippen LogP contribution >= 0.6 is 0 Å². The highest BCUT2D eigenvalue weighted by Crippen LogP contribution is 2.17. The second kappa shape index (κ2) is 10.7. The van der Waals surface area contributed by atoms with E-state index in [9.17, 15) is 19.7 Å². The van der Waals surface area contributed by atoms with Crippen molar-refractivity contribution in [1.29, 1.82) is 0 Å². The molecule has 0 radical (unpaired) electrons. The molecule has 3 rings (SSSR count). The van der Waals surface area contributed by atoms with E-state index in [-0.39, 0.29) is 30.2 Å². The van der Waals surface area contributed by atoms with Crippen LogP contribution in [0.1, 0.15) is 42.3 Å². The lowest BCUT2D eigenvalue weighted by Crippen LogP contribution is -2.45. The van der Waals surface area contributed by atoms with Crippen LogP contribution in [0.5, 0.6) is 0 Å². The van der Waals surface area contributed by atoms with Gasteiger partial charge in [-0.1, -0.05) is 6.92 Å². The first-order valence-electron chi connectivity index (χ1n) is 10.4. The first-order chi connectivity index (χ1) is 15.0. The lowest BCUT2D eigenvalue weighted by molar-refractivity contribution is -0.384. The third kappa shape index (κ3) is 6.14. The highest BCUT2D eigenvalue weighted by Gasteiger charge is 2.26. The number of nitrogens with zero attached hydrogens (tertiary/aromatic N) is 3. The van der Waals surface area contributed by atoms with Gasteiger partial charge in [0, 0.05) is 37.4 Å². The van der Waals surface area contributed by atoms with Crippen molar-refractivity contribution < 1.29 is 23.7 Å². The minimum atomic E-state index is -0.515. The van der Waals surface area contributed by atoms with E-state index in [0.29, 0.717) is 44.0 Å². The molecule has 9 heteroatoms. The maximum absolute atomic E-state index is 13.2. The zero-order valence-electron chi connectivity index (χ0n) is 17.6. The van der Waals surface area contributed by atoms with Crippen molar-refractivity contribution in [3.63, 3.8) is 0 Å². The van der Waals surface area contributed by atoms with Gasteiger partial charge in [0.2, 0.25) is 5.91 Å². The van der Waals surface area contributed by atoms with Crippen LogP contribution in [-0.4, -0.2) is 58.9 Å². The maximum atomic E-state index is 13.2. The fraction of sp³-hybridized carbons (Fsp3) is 0.455. The van der Waals surface area contributed by atoms with Gasteiger partial charge in [0.05, 0.1) is 23.8 Å². The second-order valence-electron chi connectivity index (χ2n) is 7.52. The lowest BCUT2D eigenvalue weighted by atomic mass is 10.1. The van der Waals surface area contributed by atoms with Crippen LogP contribution in [0.25, 0.3) is 0 Å². The molecule has 1 unspecified atom stereocenters. The normalized spacial score (nSPS) is 15.6.